The molecule has 1 aromatic heterocycles. The minimum Gasteiger partial charge on any atom is -0.439 e. The van der Waals surface area contributed by atoms with Crippen molar-refractivity contribution in [3.8, 4) is 11.6 Å². The molecule has 0 bridgehead atoms. The lowest BCUT2D eigenvalue weighted by Gasteiger charge is -2.11. The van der Waals surface area contributed by atoms with Gasteiger partial charge in [-0.2, -0.15) is 0 Å². The maximum absolute atomic E-state index is 13.3. The van der Waals surface area contributed by atoms with Crippen LogP contribution in [0.5, 0.6) is 11.6 Å². The van der Waals surface area contributed by atoms with Crippen molar-refractivity contribution in [1.82, 2.24) is 10.3 Å². The summed E-state index contributed by atoms with van der Waals surface area (Å²) in [7, 11) is 0. The molecule has 0 aliphatic carbocycles. The van der Waals surface area contributed by atoms with Crippen molar-refractivity contribution in [2.45, 2.75) is 24.8 Å². The molecule has 0 saturated carbocycles. The van der Waals surface area contributed by atoms with Crippen LogP contribution in [0.1, 0.15) is 18.9 Å². The topological polar surface area (TPSA) is 34.2 Å². The van der Waals surface area contributed by atoms with Crippen molar-refractivity contribution in [3.05, 3.63) is 47.9 Å². The van der Waals surface area contributed by atoms with Gasteiger partial charge in [0.05, 0.1) is 6.20 Å². The Hall–Kier alpha value is -1.59. The van der Waals surface area contributed by atoms with E-state index < -0.39 is 0 Å². The monoisotopic (exact) mass is 306 g/mol. The Balaban J connectivity index is 2.13. The second kappa shape index (κ2) is 8.00. The third-order valence-electron chi connectivity index (χ3n) is 2.91. The molecule has 0 fully saturated rings. The standard InChI is InChI=1S/C16H19FN2OS/c1-3-8-18-10-12-9-13(17)11-19-16(12)20-14-4-6-15(21-2)7-5-14/h4-7,9,11,18H,3,8,10H2,1-2H3. The van der Waals surface area contributed by atoms with E-state index in [9.17, 15) is 4.39 Å². The van der Waals surface area contributed by atoms with Crippen molar-refractivity contribution < 1.29 is 9.13 Å². The van der Waals surface area contributed by atoms with E-state index in [0.29, 0.717) is 18.2 Å². The van der Waals surface area contributed by atoms with Crippen molar-refractivity contribution in [3.63, 3.8) is 0 Å². The third-order valence-corrected chi connectivity index (χ3v) is 3.65. The number of rotatable bonds is 7. The van der Waals surface area contributed by atoms with Gasteiger partial charge < -0.3 is 10.1 Å². The largest absolute Gasteiger partial charge is 0.439 e. The highest BCUT2D eigenvalue weighted by Crippen LogP contribution is 2.25. The van der Waals surface area contributed by atoms with Crippen LogP contribution in [-0.4, -0.2) is 17.8 Å². The van der Waals surface area contributed by atoms with E-state index in [-0.39, 0.29) is 5.82 Å². The average molecular weight is 306 g/mol. The molecule has 5 heteroatoms. The quantitative estimate of drug-likeness (QED) is 0.613. The van der Waals surface area contributed by atoms with Gasteiger partial charge in [0.1, 0.15) is 11.6 Å². The van der Waals surface area contributed by atoms with Crippen LogP contribution in [0.25, 0.3) is 0 Å². The highest BCUT2D eigenvalue weighted by molar-refractivity contribution is 7.98. The lowest BCUT2D eigenvalue weighted by molar-refractivity contribution is 0.448. The number of thioether (sulfide) groups is 1. The van der Waals surface area contributed by atoms with Crippen LogP contribution in [0, 0.1) is 5.82 Å². The van der Waals surface area contributed by atoms with Crippen molar-refractivity contribution >= 4 is 11.8 Å². The minimum absolute atomic E-state index is 0.353. The molecule has 3 nitrogen and oxygen atoms in total. The first kappa shape index (κ1) is 15.8. The van der Waals surface area contributed by atoms with E-state index in [1.807, 2.05) is 30.5 Å². The molecule has 0 amide bonds. The lowest BCUT2D eigenvalue weighted by atomic mass is 10.2. The van der Waals surface area contributed by atoms with Crippen LogP contribution in [0.3, 0.4) is 0 Å². The Kier molecular flexibility index (Phi) is 6.02. The van der Waals surface area contributed by atoms with Crippen LogP contribution < -0.4 is 10.1 Å². The van der Waals surface area contributed by atoms with E-state index >= 15 is 0 Å². The molecular weight excluding hydrogens is 287 g/mol. The Morgan fingerprint density at radius 3 is 2.71 bits per heavy atom. The minimum atomic E-state index is -0.353. The number of hydrogen-bond donors (Lipinski definition) is 1. The molecule has 1 aromatic carbocycles. The van der Waals surface area contributed by atoms with Crippen LogP contribution >= 0.6 is 11.8 Å². The molecule has 1 N–H and O–H groups in total. The highest BCUT2D eigenvalue weighted by atomic mass is 32.2. The van der Waals surface area contributed by atoms with E-state index in [2.05, 4.69) is 17.2 Å². The van der Waals surface area contributed by atoms with Crippen molar-refractivity contribution in [1.29, 1.82) is 0 Å². The predicted octanol–water partition coefficient (Wildman–Crippen LogP) is 4.23. The summed E-state index contributed by atoms with van der Waals surface area (Å²) in [6.07, 6.45) is 4.22. The first-order valence-corrected chi connectivity index (χ1v) is 8.12. The summed E-state index contributed by atoms with van der Waals surface area (Å²) in [6.45, 7) is 3.50. The van der Waals surface area contributed by atoms with Gasteiger partial charge in [-0.3, -0.25) is 0 Å². The molecular formula is C16H19FN2OS. The Morgan fingerprint density at radius 2 is 2.05 bits per heavy atom. The Morgan fingerprint density at radius 1 is 1.29 bits per heavy atom. The van der Waals surface area contributed by atoms with Gasteiger partial charge in [-0.1, -0.05) is 6.92 Å². The predicted molar refractivity (Wildman–Crippen MR) is 84.5 cm³/mol. The maximum atomic E-state index is 13.3. The number of hydrogen-bond acceptors (Lipinski definition) is 4. The van der Waals surface area contributed by atoms with Gasteiger partial charge in [-0.15, -0.1) is 11.8 Å². The normalized spacial score (nSPS) is 10.6. The van der Waals surface area contributed by atoms with Gasteiger partial charge >= 0.3 is 0 Å². The van der Waals surface area contributed by atoms with E-state index in [1.165, 1.54) is 17.2 Å². The number of nitrogens with zero attached hydrogens (tertiary/aromatic N) is 1. The summed E-state index contributed by atoms with van der Waals surface area (Å²) in [5.74, 6) is 0.786. The molecule has 0 saturated heterocycles. The Bertz CT molecular complexity index is 575. The second-order valence-electron chi connectivity index (χ2n) is 4.57. The summed E-state index contributed by atoms with van der Waals surface area (Å²) in [5, 5.41) is 3.23. The van der Waals surface area contributed by atoms with Gasteiger partial charge in [0.25, 0.3) is 0 Å². The molecule has 112 valence electrons. The Labute approximate surface area is 128 Å². The number of ether oxygens (including phenoxy) is 1. The molecule has 0 atom stereocenters. The number of benzene rings is 1. The van der Waals surface area contributed by atoms with Gasteiger partial charge in [-0.25, -0.2) is 9.37 Å². The number of pyridine rings is 1. The van der Waals surface area contributed by atoms with Gasteiger partial charge in [-0.05, 0) is 49.6 Å². The third kappa shape index (κ3) is 4.72. The molecule has 21 heavy (non-hydrogen) atoms. The van der Waals surface area contributed by atoms with E-state index in [4.69, 9.17) is 4.74 Å². The molecule has 0 radical (unpaired) electrons. The van der Waals surface area contributed by atoms with E-state index in [0.717, 1.165) is 18.5 Å². The van der Waals surface area contributed by atoms with Crippen molar-refractivity contribution in [2.75, 3.05) is 12.8 Å². The molecule has 1 heterocycles. The van der Waals surface area contributed by atoms with Gasteiger partial charge in [0, 0.05) is 17.0 Å². The van der Waals surface area contributed by atoms with E-state index in [1.54, 1.807) is 11.8 Å². The zero-order valence-corrected chi connectivity index (χ0v) is 13.0. The summed E-state index contributed by atoms with van der Waals surface area (Å²) in [4.78, 5) is 5.22. The van der Waals surface area contributed by atoms with Crippen LogP contribution in [0.4, 0.5) is 4.39 Å². The summed E-state index contributed by atoms with van der Waals surface area (Å²) >= 11 is 1.67. The SMILES string of the molecule is CCCNCc1cc(F)cnc1Oc1ccc(SC)cc1. The van der Waals surface area contributed by atoms with Crippen LogP contribution in [-0.2, 0) is 6.54 Å². The van der Waals surface area contributed by atoms with Crippen LogP contribution in [0.2, 0.25) is 0 Å². The van der Waals surface area contributed by atoms with Crippen LogP contribution in [0.15, 0.2) is 41.4 Å². The van der Waals surface area contributed by atoms with Gasteiger partial charge in [0.15, 0.2) is 0 Å². The fourth-order valence-corrected chi connectivity index (χ4v) is 2.25. The average Bonchev–Trinajstić information content (AvgIpc) is 2.51. The zero-order valence-electron chi connectivity index (χ0n) is 12.2. The smallest absolute Gasteiger partial charge is 0.223 e. The maximum Gasteiger partial charge on any atom is 0.223 e. The molecule has 2 rings (SSSR count). The molecule has 0 spiro atoms. The zero-order chi connectivity index (χ0) is 15.1. The lowest BCUT2D eigenvalue weighted by Crippen LogP contribution is -2.15. The number of halogens is 1. The molecule has 0 unspecified atom stereocenters. The fourth-order valence-electron chi connectivity index (χ4n) is 1.84. The first-order chi connectivity index (χ1) is 10.2. The molecule has 0 aliphatic rings. The summed E-state index contributed by atoms with van der Waals surface area (Å²) < 4.78 is 19.1. The number of nitrogens with one attached hydrogen (secondary N) is 1. The number of aromatic nitrogens is 1. The van der Waals surface area contributed by atoms with Crippen molar-refractivity contribution in [2.24, 2.45) is 0 Å². The second-order valence-corrected chi connectivity index (χ2v) is 5.45. The fraction of sp³-hybridized carbons (Fsp3) is 0.312. The highest BCUT2D eigenvalue weighted by Gasteiger charge is 2.08. The van der Waals surface area contributed by atoms with Gasteiger partial charge in [0.2, 0.25) is 5.88 Å². The summed E-state index contributed by atoms with van der Waals surface area (Å²) in [6, 6.07) is 9.21. The molecule has 2 aromatic rings. The molecule has 0 aliphatic heterocycles. The first-order valence-electron chi connectivity index (χ1n) is 6.90. The summed E-state index contributed by atoms with van der Waals surface area (Å²) in [5.41, 5.74) is 0.720.